The van der Waals surface area contributed by atoms with Crippen molar-refractivity contribution in [1.29, 1.82) is 0 Å². The van der Waals surface area contributed by atoms with Crippen LogP contribution in [0.5, 0.6) is 11.5 Å². The minimum Gasteiger partial charge on any atom is -0.488 e. The van der Waals surface area contributed by atoms with E-state index in [0.717, 1.165) is 49.9 Å². The molecule has 0 saturated carbocycles. The fraction of sp³-hybridized carbons (Fsp3) is 0.417. The number of nitrogens with one attached hydrogen (secondary N) is 2. The number of nitrogens with two attached hydrogens (primary N) is 1. The van der Waals surface area contributed by atoms with Crippen molar-refractivity contribution in [3.05, 3.63) is 59.7 Å². The standard InChI is InChI=1S/C36H41N3O13/c1-17(37)34(44)39-25-11-10-21(16-47-27-13-26-29(22(15-40)14-38-26)24-9-7-6-8-23(24)27)12-28(25)51-36-33(50-20(4)43)31(49-19(3)42)30(48-18(2)41)32(52-36)35(45)46-5/h6-13,17,22,30-33,36,38,40H,14-16,37H2,1-5H3,(H,39,44)/t17-,22-,30-,31-,32-,33+,36+/m0/s1. The lowest BCUT2D eigenvalue weighted by Crippen LogP contribution is -2.64. The average Bonchev–Trinajstić information content (AvgIpc) is 3.52. The van der Waals surface area contributed by atoms with Gasteiger partial charge in [0.15, 0.2) is 18.3 Å². The normalized spacial score (nSPS) is 22.6. The smallest absolute Gasteiger partial charge is 0.339 e. The van der Waals surface area contributed by atoms with Crippen LogP contribution in [-0.2, 0) is 54.3 Å². The molecule has 2 aliphatic rings. The fourth-order valence-corrected chi connectivity index (χ4v) is 6.13. The van der Waals surface area contributed by atoms with Crippen molar-refractivity contribution < 1.29 is 62.2 Å². The molecule has 0 aromatic heterocycles. The van der Waals surface area contributed by atoms with Crippen molar-refractivity contribution in [2.75, 3.05) is 30.9 Å². The summed E-state index contributed by atoms with van der Waals surface area (Å²) in [6, 6.07) is 13.4. The van der Waals surface area contributed by atoms with Crippen molar-refractivity contribution in [3.63, 3.8) is 0 Å². The van der Waals surface area contributed by atoms with Gasteiger partial charge in [-0.3, -0.25) is 19.2 Å². The lowest BCUT2D eigenvalue weighted by atomic mass is 9.95. The number of anilines is 2. The van der Waals surface area contributed by atoms with Gasteiger partial charge < -0.3 is 54.6 Å². The van der Waals surface area contributed by atoms with E-state index in [1.807, 2.05) is 30.3 Å². The first-order chi connectivity index (χ1) is 24.8. The Kier molecular flexibility index (Phi) is 11.8. The van der Waals surface area contributed by atoms with Gasteiger partial charge in [-0.15, -0.1) is 0 Å². The topological polar surface area (TPSA) is 220 Å². The highest BCUT2D eigenvalue weighted by atomic mass is 16.7. The van der Waals surface area contributed by atoms with Crippen LogP contribution in [0.4, 0.5) is 11.4 Å². The van der Waals surface area contributed by atoms with E-state index in [9.17, 15) is 29.1 Å². The molecule has 7 atom stereocenters. The molecule has 1 amide bonds. The summed E-state index contributed by atoms with van der Waals surface area (Å²) in [5.41, 5.74) is 8.35. The average molecular weight is 724 g/mol. The van der Waals surface area contributed by atoms with Crippen LogP contribution in [0.1, 0.15) is 44.7 Å². The second-order valence-electron chi connectivity index (χ2n) is 12.3. The Morgan fingerprint density at radius 2 is 1.58 bits per heavy atom. The molecule has 0 bridgehead atoms. The number of ether oxygens (including phenoxy) is 7. The number of rotatable bonds is 12. The number of hydrogen-bond acceptors (Lipinski definition) is 15. The van der Waals surface area contributed by atoms with Crippen LogP contribution in [0, 0.1) is 0 Å². The number of carbonyl (C=O) groups is 5. The van der Waals surface area contributed by atoms with Gasteiger partial charge in [-0.25, -0.2) is 4.79 Å². The van der Waals surface area contributed by atoms with Gasteiger partial charge in [0.25, 0.3) is 0 Å². The predicted octanol–water partition coefficient (Wildman–Crippen LogP) is 2.28. The molecular formula is C36H41N3O13. The molecule has 0 unspecified atom stereocenters. The highest BCUT2D eigenvalue weighted by molar-refractivity contribution is 5.97. The van der Waals surface area contributed by atoms with E-state index < -0.39 is 66.5 Å². The first-order valence-electron chi connectivity index (χ1n) is 16.4. The molecular weight excluding hydrogens is 682 g/mol. The van der Waals surface area contributed by atoms with E-state index in [1.165, 1.54) is 19.1 Å². The summed E-state index contributed by atoms with van der Waals surface area (Å²) in [6.07, 6.45) is -8.15. The molecule has 16 nitrogen and oxygen atoms in total. The van der Waals surface area contributed by atoms with Crippen molar-refractivity contribution in [2.45, 2.75) is 77.0 Å². The third-order valence-corrected chi connectivity index (χ3v) is 8.41. The van der Waals surface area contributed by atoms with Crippen LogP contribution in [0.2, 0.25) is 0 Å². The maximum Gasteiger partial charge on any atom is 0.339 e. The van der Waals surface area contributed by atoms with Gasteiger partial charge in [0.2, 0.25) is 18.3 Å². The maximum atomic E-state index is 12.9. The van der Waals surface area contributed by atoms with E-state index in [4.69, 9.17) is 38.9 Å². The van der Waals surface area contributed by atoms with Crippen LogP contribution < -0.4 is 25.8 Å². The zero-order valence-corrected chi connectivity index (χ0v) is 29.2. The molecule has 5 rings (SSSR count). The molecule has 5 N–H and O–H groups in total. The van der Waals surface area contributed by atoms with E-state index >= 15 is 0 Å². The van der Waals surface area contributed by atoms with Crippen LogP contribution in [0.3, 0.4) is 0 Å². The molecule has 2 aliphatic heterocycles. The van der Waals surface area contributed by atoms with Crippen molar-refractivity contribution in [2.24, 2.45) is 5.73 Å². The van der Waals surface area contributed by atoms with Crippen molar-refractivity contribution >= 4 is 51.9 Å². The van der Waals surface area contributed by atoms with E-state index in [2.05, 4.69) is 10.6 Å². The van der Waals surface area contributed by atoms with Crippen molar-refractivity contribution in [3.8, 4) is 11.5 Å². The molecule has 2 heterocycles. The Morgan fingerprint density at radius 1 is 0.923 bits per heavy atom. The van der Waals surface area contributed by atoms with E-state index in [1.54, 1.807) is 6.07 Å². The number of methoxy groups -OCH3 is 1. The zero-order chi connectivity index (χ0) is 37.7. The van der Waals surface area contributed by atoms with Gasteiger partial charge in [-0.05, 0) is 35.6 Å². The first-order valence-corrected chi connectivity index (χ1v) is 16.4. The Bertz CT molecular complexity index is 1850. The number of amides is 1. The minimum atomic E-state index is -1.70. The summed E-state index contributed by atoms with van der Waals surface area (Å²) in [7, 11) is 1.07. The molecule has 0 spiro atoms. The van der Waals surface area contributed by atoms with Crippen LogP contribution >= 0.6 is 0 Å². The Morgan fingerprint density at radius 3 is 2.21 bits per heavy atom. The first kappa shape index (κ1) is 37.8. The van der Waals surface area contributed by atoms with Gasteiger partial charge in [-0.2, -0.15) is 0 Å². The number of hydrogen-bond donors (Lipinski definition) is 4. The Balaban J connectivity index is 1.52. The molecule has 1 fully saturated rings. The van der Waals surface area contributed by atoms with Gasteiger partial charge >= 0.3 is 23.9 Å². The van der Waals surface area contributed by atoms with Crippen LogP contribution in [0.15, 0.2) is 48.5 Å². The van der Waals surface area contributed by atoms with Gasteiger partial charge in [0.05, 0.1) is 25.4 Å². The maximum absolute atomic E-state index is 12.9. The molecule has 3 aromatic carbocycles. The molecule has 1 saturated heterocycles. The third kappa shape index (κ3) is 8.36. The largest absolute Gasteiger partial charge is 0.488 e. The minimum absolute atomic E-state index is 0.00573. The van der Waals surface area contributed by atoms with E-state index in [-0.39, 0.29) is 30.6 Å². The second kappa shape index (κ2) is 16.3. The number of esters is 4. The highest BCUT2D eigenvalue weighted by Crippen LogP contribution is 2.42. The van der Waals surface area contributed by atoms with Crippen LogP contribution in [-0.4, -0.2) is 91.9 Å². The van der Waals surface area contributed by atoms with Crippen molar-refractivity contribution in [1.82, 2.24) is 0 Å². The summed E-state index contributed by atoms with van der Waals surface area (Å²) < 4.78 is 39.6. The number of aliphatic hydroxyl groups is 1. The second-order valence-corrected chi connectivity index (χ2v) is 12.3. The summed E-state index contributed by atoms with van der Waals surface area (Å²) in [5, 5.41) is 17.7. The SMILES string of the molecule is COC(=O)[C@H]1O[C@@H](Oc2cc(COc3cc4c(c5ccccc35)[C@H](CO)CN4)ccc2NC(=O)[C@H](C)N)[C@H](OC(C)=O)[C@@H](OC(C)=O)[C@@H]1OC(C)=O. The van der Waals surface area contributed by atoms with Gasteiger partial charge in [-0.1, -0.05) is 30.3 Å². The lowest BCUT2D eigenvalue weighted by molar-refractivity contribution is -0.282. The quantitative estimate of drug-likeness (QED) is 0.156. The number of carbonyl (C=O) groups excluding carboxylic acids is 5. The number of fused-ring (bicyclic) bond motifs is 3. The van der Waals surface area contributed by atoms with Gasteiger partial charge in [0, 0.05) is 50.4 Å². The zero-order valence-electron chi connectivity index (χ0n) is 29.2. The molecule has 278 valence electrons. The molecule has 0 radical (unpaired) electrons. The molecule has 16 heteroatoms. The summed E-state index contributed by atoms with van der Waals surface area (Å²) in [6.45, 7) is 5.30. The monoisotopic (exact) mass is 723 g/mol. The lowest BCUT2D eigenvalue weighted by Gasteiger charge is -2.43. The summed E-state index contributed by atoms with van der Waals surface area (Å²) >= 11 is 0. The summed E-state index contributed by atoms with van der Waals surface area (Å²) in [4.78, 5) is 62.3. The fourth-order valence-electron chi connectivity index (χ4n) is 6.13. The number of benzene rings is 3. The van der Waals surface area contributed by atoms with E-state index in [0.29, 0.717) is 17.9 Å². The van der Waals surface area contributed by atoms with Crippen LogP contribution in [0.25, 0.3) is 10.8 Å². The Hall–Kier alpha value is -5.45. The summed E-state index contributed by atoms with van der Waals surface area (Å²) in [5.74, 6) is -3.63. The molecule has 52 heavy (non-hydrogen) atoms. The Labute approximate surface area is 298 Å². The third-order valence-electron chi connectivity index (χ3n) is 8.41. The molecule has 3 aromatic rings. The number of aliphatic hydroxyl groups excluding tert-OH is 1. The molecule has 0 aliphatic carbocycles. The predicted molar refractivity (Wildman–Crippen MR) is 183 cm³/mol. The van der Waals surface area contributed by atoms with Gasteiger partial charge in [0.1, 0.15) is 18.1 Å². The highest BCUT2D eigenvalue weighted by Gasteiger charge is 2.56.